The highest BCUT2D eigenvalue weighted by Crippen LogP contribution is 2.45. The fourth-order valence-electron chi connectivity index (χ4n) is 3.84. The minimum atomic E-state index is -0.157. The fraction of sp³-hybridized carbons (Fsp3) is 0.250. The van der Waals surface area contributed by atoms with E-state index in [2.05, 4.69) is 23.3 Å². The smallest absolute Gasteiger partial charge is 0.262 e. The molecule has 5 nitrogen and oxygen atoms in total. The molecule has 3 heterocycles. The third-order valence-corrected chi connectivity index (χ3v) is 7.55. The maximum Gasteiger partial charge on any atom is 0.262 e. The van der Waals surface area contributed by atoms with Crippen molar-refractivity contribution < 1.29 is 9.53 Å². The molecule has 1 aliphatic rings. The molecule has 4 aromatic rings. The molecule has 1 amide bonds. The fourth-order valence-corrected chi connectivity index (χ4v) is 6.30. The highest BCUT2D eigenvalue weighted by molar-refractivity contribution is 7.22. The van der Waals surface area contributed by atoms with Gasteiger partial charge in [-0.05, 0) is 55.8 Å². The molecule has 1 N–H and O–H groups in total. The lowest BCUT2D eigenvalue weighted by Gasteiger charge is -2.22. The summed E-state index contributed by atoms with van der Waals surface area (Å²) < 4.78 is 6.86. The van der Waals surface area contributed by atoms with Gasteiger partial charge in [-0.15, -0.1) is 22.7 Å². The number of benzene rings is 2. The number of thiophene rings is 1. The van der Waals surface area contributed by atoms with Crippen LogP contribution in [0.15, 0.2) is 48.5 Å². The number of hydrogen-bond acceptors (Lipinski definition) is 6. The van der Waals surface area contributed by atoms with Crippen molar-refractivity contribution in [3.8, 4) is 16.3 Å². The minimum Gasteiger partial charge on any atom is -0.484 e. The van der Waals surface area contributed by atoms with E-state index in [1.807, 2.05) is 49.4 Å². The van der Waals surface area contributed by atoms with Gasteiger partial charge < -0.3 is 15.0 Å². The Bertz CT molecular complexity index is 1230. The molecule has 7 heteroatoms. The number of nitrogens with one attached hydrogen (secondary N) is 1. The van der Waals surface area contributed by atoms with Gasteiger partial charge in [0.2, 0.25) is 0 Å². The molecule has 158 valence electrons. The Balaban J connectivity index is 1.44. The molecular weight excluding hydrogens is 426 g/mol. The molecule has 2 aromatic heterocycles. The zero-order valence-electron chi connectivity index (χ0n) is 17.5. The highest BCUT2D eigenvalue weighted by Gasteiger charge is 2.26. The van der Waals surface area contributed by atoms with Gasteiger partial charge in [-0.1, -0.05) is 24.3 Å². The van der Waals surface area contributed by atoms with Crippen LogP contribution in [0, 0.1) is 6.92 Å². The molecule has 5 rings (SSSR count). The predicted molar refractivity (Wildman–Crippen MR) is 128 cm³/mol. The highest BCUT2D eigenvalue weighted by atomic mass is 32.1. The SMILES string of the molecule is Cc1cccc(OCC(=O)Nc2sc3c(c2-c2nc4ccccc4s2)CCN(C)C3)c1. The second kappa shape index (κ2) is 8.42. The number of anilines is 1. The monoisotopic (exact) mass is 449 g/mol. The summed E-state index contributed by atoms with van der Waals surface area (Å²) in [7, 11) is 2.13. The number of ether oxygens (including phenoxy) is 1. The molecule has 0 bridgehead atoms. The van der Waals surface area contributed by atoms with E-state index in [9.17, 15) is 4.79 Å². The second-order valence-corrected chi connectivity index (χ2v) is 9.97. The number of aryl methyl sites for hydroxylation is 1. The van der Waals surface area contributed by atoms with Crippen LogP contribution in [-0.2, 0) is 17.8 Å². The zero-order valence-corrected chi connectivity index (χ0v) is 19.1. The van der Waals surface area contributed by atoms with E-state index in [-0.39, 0.29) is 12.5 Å². The number of carbonyl (C=O) groups is 1. The standard InChI is InChI=1S/C24H23N3O2S2/c1-15-6-5-7-16(12-15)29-14-21(28)26-24-22(17-10-11-27(2)13-20(17)31-24)23-25-18-8-3-4-9-19(18)30-23/h3-9,12H,10-11,13-14H2,1-2H3,(H,26,28). The summed E-state index contributed by atoms with van der Waals surface area (Å²) in [4.78, 5) is 21.2. The van der Waals surface area contributed by atoms with Gasteiger partial charge in [0.15, 0.2) is 6.61 Å². The van der Waals surface area contributed by atoms with Crippen molar-refractivity contribution in [3.63, 3.8) is 0 Å². The van der Waals surface area contributed by atoms with Gasteiger partial charge >= 0.3 is 0 Å². The lowest BCUT2D eigenvalue weighted by Crippen LogP contribution is -2.25. The molecule has 0 saturated carbocycles. The number of para-hydroxylation sites is 1. The van der Waals surface area contributed by atoms with Crippen LogP contribution in [0.25, 0.3) is 20.8 Å². The Morgan fingerprint density at radius 3 is 2.90 bits per heavy atom. The summed E-state index contributed by atoms with van der Waals surface area (Å²) in [5.41, 5.74) is 4.50. The quantitative estimate of drug-likeness (QED) is 0.447. The Labute approximate surface area is 189 Å². The third kappa shape index (κ3) is 4.21. The lowest BCUT2D eigenvalue weighted by atomic mass is 10.0. The molecule has 31 heavy (non-hydrogen) atoms. The van der Waals surface area contributed by atoms with Gasteiger partial charge in [-0.25, -0.2) is 4.98 Å². The number of fused-ring (bicyclic) bond motifs is 2. The Morgan fingerprint density at radius 1 is 1.19 bits per heavy atom. The Morgan fingerprint density at radius 2 is 2.06 bits per heavy atom. The van der Waals surface area contributed by atoms with Crippen molar-refractivity contribution in [2.75, 3.05) is 25.5 Å². The molecule has 0 unspecified atom stereocenters. The minimum absolute atomic E-state index is 0.0226. The third-order valence-electron chi connectivity index (χ3n) is 5.37. The van der Waals surface area contributed by atoms with Gasteiger partial charge in [0, 0.05) is 23.5 Å². The van der Waals surface area contributed by atoms with Crippen LogP contribution in [0.1, 0.15) is 16.0 Å². The Hall–Kier alpha value is -2.74. The van der Waals surface area contributed by atoms with Gasteiger partial charge in [-0.3, -0.25) is 4.79 Å². The first-order valence-electron chi connectivity index (χ1n) is 10.2. The maximum absolute atomic E-state index is 12.7. The largest absolute Gasteiger partial charge is 0.484 e. The lowest BCUT2D eigenvalue weighted by molar-refractivity contribution is -0.118. The molecule has 0 fully saturated rings. The average molecular weight is 450 g/mol. The number of likely N-dealkylation sites (N-methyl/N-ethyl adjacent to an activating group) is 1. The predicted octanol–water partition coefficient (Wildman–Crippen LogP) is 5.34. The van der Waals surface area contributed by atoms with E-state index in [0.29, 0.717) is 5.75 Å². The van der Waals surface area contributed by atoms with Crippen LogP contribution >= 0.6 is 22.7 Å². The molecule has 0 radical (unpaired) electrons. The van der Waals surface area contributed by atoms with Gasteiger partial charge in [0.25, 0.3) is 5.91 Å². The number of thiazole rings is 1. The van der Waals surface area contributed by atoms with Crippen LogP contribution in [0.2, 0.25) is 0 Å². The molecular formula is C24H23N3O2S2. The van der Waals surface area contributed by atoms with Crippen LogP contribution in [0.3, 0.4) is 0 Å². The number of hydrogen-bond donors (Lipinski definition) is 1. The topological polar surface area (TPSA) is 54.5 Å². The Kier molecular flexibility index (Phi) is 5.48. The average Bonchev–Trinajstić information content (AvgIpc) is 3.32. The van der Waals surface area contributed by atoms with Crippen LogP contribution in [-0.4, -0.2) is 36.0 Å². The number of rotatable bonds is 5. The van der Waals surface area contributed by atoms with Gasteiger partial charge in [-0.2, -0.15) is 0 Å². The zero-order chi connectivity index (χ0) is 21.4. The summed E-state index contributed by atoms with van der Waals surface area (Å²) in [6, 6.07) is 15.9. The van der Waals surface area contributed by atoms with E-state index in [0.717, 1.165) is 50.9 Å². The van der Waals surface area contributed by atoms with Crippen molar-refractivity contribution in [3.05, 3.63) is 64.5 Å². The van der Waals surface area contributed by atoms with E-state index in [1.54, 1.807) is 22.7 Å². The van der Waals surface area contributed by atoms with Crippen molar-refractivity contribution in [2.24, 2.45) is 0 Å². The number of carbonyl (C=O) groups excluding carboxylic acids is 1. The molecule has 0 saturated heterocycles. The van der Waals surface area contributed by atoms with E-state index >= 15 is 0 Å². The summed E-state index contributed by atoms with van der Waals surface area (Å²) >= 11 is 3.34. The molecule has 0 aliphatic carbocycles. The van der Waals surface area contributed by atoms with Crippen molar-refractivity contribution >= 4 is 43.8 Å². The van der Waals surface area contributed by atoms with Crippen molar-refractivity contribution in [1.29, 1.82) is 0 Å². The van der Waals surface area contributed by atoms with E-state index in [1.165, 1.54) is 10.4 Å². The van der Waals surface area contributed by atoms with Crippen LogP contribution in [0.4, 0.5) is 5.00 Å². The summed E-state index contributed by atoms with van der Waals surface area (Å²) in [6.45, 7) is 3.88. The van der Waals surface area contributed by atoms with Gasteiger partial charge in [0.05, 0.1) is 10.2 Å². The molecule has 1 aliphatic heterocycles. The maximum atomic E-state index is 12.7. The number of amides is 1. The first kappa shape index (κ1) is 20.2. The summed E-state index contributed by atoms with van der Waals surface area (Å²) in [5.74, 6) is 0.546. The summed E-state index contributed by atoms with van der Waals surface area (Å²) in [5, 5.41) is 4.96. The van der Waals surface area contributed by atoms with E-state index in [4.69, 9.17) is 9.72 Å². The molecule has 2 aromatic carbocycles. The van der Waals surface area contributed by atoms with Crippen LogP contribution < -0.4 is 10.1 Å². The summed E-state index contributed by atoms with van der Waals surface area (Å²) in [6.07, 6.45) is 0.962. The number of aromatic nitrogens is 1. The number of nitrogens with zero attached hydrogens (tertiary/aromatic N) is 2. The normalized spacial score (nSPS) is 13.9. The first-order chi connectivity index (χ1) is 15.1. The van der Waals surface area contributed by atoms with Crippen molar-refractivity contribution in [2.45, 2.75) is 19.9 Å². The van der Waals surface area contributed by atoms with Crippen molar-refractivity contribution in [1.82, 2.24) is 9.88 Å². The van der Waals surface area contributed by atoms with Crippen LogP contribution in [0.5, 0.6) is 5.75 Å². The van der Waals surface area contributed by atoms with Gasteiger partial charge in [0.1, 0.15) is 15.8 Å². The first-order valence-corrected chi connectivity index (χ1v) is 11.9. The molecule has 0 atom stereocenters. The second-order valence-electron chi connectivity index (χ2n) is 7.84. The molecule has 0 spiro atoms. The van der Waals surface area contributed by atoms with E-state index < -0.39 is 0 Å².